The van der Waals surface area contributed by atoms with Gasteiger partial charge >= 0.3 is 0 Å². The van der Waals surface area contributed by atoms with E-state index in [1.54, 1.807) is 0 Å². The third-order valence-electron chi connectivity index (χ3n) is 1.43. The number of aldehydes is 1. The van der Waals surface area contributed by atoms with Crippen LogP contribution in [0.1, 0.15) is 22.6 Å². The average Bonchev–Trinajstić information content (AvgIpc) is 2.46. The second-order valence-electron chi connectivity index (χ2n) is 2.35. The normalized spacial score (nSPS) is 11.3. The van der Waals surface area contributed by atoms with Gasteiger partial charge in [-0.2, -0.15) is 0 Å². The van der Waals surface area contributed by atoms with Gasteiger partial charge in [-0.15, -0.1) is 5.10 Å². The highest BCUT2D eigenvalue weighted by Crippen LogP contribution is 2.20. The molecule has 0 N–H and O–H groups in total. The Balaban J connectivity index is 3.04. The minimum absolute atomic E-state index is 0.0520. The van der Waals surface area contributed by atoms with Gasteiger partial charge in [-0.1, -0.05) is 5.21 Å². The molecule has 0 saturated carbocycles. The summed E-state index contributed by atoms with van der Waals surface area (Å²) >= 11 is 0. The number of hydrogen-bond acceptors (Lipinski definition) is 3. The van der Waals surface area contributed by atoms with E-state index in [-0.39, 0.29) is 6.29 Å². The molecule has 0 atom stereocenters. The topological polar surface area (TPSA) is 47.8 Å². The summed E-state index contributed by atoms with van der Waals surface area (Å²) in [5.41, 5.74) is -1.49. The summed E-state index contributed by atoms with van der Waals surface area (Å²) in [5, 5.41) is 6.06. The van der Waals surface area contributed by atoms with E-state index in [4.69, 9.17) is 0 Å². The first-order valence-electron chi connectivity index (χ1n) is 3.51. The summed E-state index contributed by atoms with van der Waals surface area (Å²) in [4.78, 5) is 10.2. The maximum Gasteiger partial charge on any atom is 0.282 e. The molecule has 1 rings (SSSR count). The molecule has 0 saturated heterocycles. The van der Waals surface area contributed by atoms with Crippen molar-refractivity contribution in [3.05, 3.63) is 11.4 Å². The lowest BCUT2D eigenvalue weighted by Crippen LogP contribution is -2.12. The van der Waals surface area contributed by atoms with Crippen LogP contribution in [0.3, 0.4) is 0 Å². The Bertz CT molecular complexity index is 325. The van der Waals surface area contributed by atoms with E-state index in [0.717, 1.165) is 0 Å². The van der Waals surface area contributed by atoms with E-state index < -0.39 is 30.8 Å². The Hall–Kier alpha value is -1.47. The molecular formula is C6H5F4N3O. The molecule has 1 heterocycles. The van der Waals surface area contributed by atoms with Crippen molar-refractivity contribution in [2.24, 2.45) is 0 Å². The lowest BCUT2D eigenvalue weighted by atomic mass is 10.3. The highest BCUT2D eigenvalue weighted by atomic mass is 19.3. The van der Waals surface area contributed by atoms with Gasteiger partial charge in [-0.3, -0.25) is 4.79 Å². The summed E-state index contributed by atoms with van der Waals surface area (Å²) < 4.78 is 48.6. The minimum atomic E-state index is -3.05. The van der Waals surface area contributed by atoms with Crippen molar-refractivity contribution in [1.29, 1.82) is 0 Å². The number of rotatable bonds is 4. The Morgan fingerprint density at radius 2 is 2.00 bits per heavy atom. The van der Waals surface area contributed by atoms with Crippen LogP contribution in [0.15, 0.2) is 0 Å². The van der Waals surface area contributed by atoms with Crippen molar-refractivity contribution < 1.29 is 22.4 Å². The van der Waals surface area contributed by atoms with Gasteiger partial charge in [0.25, 0.3) is 12.9 Å². The predicted molar refractivity (Wildman–Crippen MR) is 36.4 cm³/mol. The average molecular weight is 211 g/mol. The fraction of sp³-hybridized carbons (Fsp3) is 0.500. The Labute approximate surface area is 75.5 Å². The van der Waals surface area contributed by atoms with Gasteiger partial charge in [0.2, 0.25) is 0 Å². The number of aromatic nitrogens is 3. The van der Waals surface area contributed by atoms with Crippen LogP contribution in [-0.2, 0) is 6.54 Å². The van der Waals surface area contributed by atoms with Crippen LogP contribution < -0.4 is 0 Å². The van der Waals surface area contributed by atoms with Gasteiger partial charge in [-0.05, 0) is 0 Å². The molecule has 1 aromatic heterocycles. The van der Waals surface area contributed by atoms with E-state index >= 15 is 0 Å². The number of hydrogen-bond donors (Lipinski definition) is 0. The molecule has 0 aliphatic carbocycles. The van der Waals surface area contributed by atoms with Gasteiger partial charge in [0.15, 0.2) is 12.0 Å². The van der Waals surface area contributed by atoms with Crippen molar-refractivity contribution in [3.63, 3.8) is 0 Å². The number of carbonyl (C=O) groups excluding carboxylic acids is 1. The van der Waals surface area contributed by atoms with Gasteiger partial charge in [-0.25, -0.2) is 22.2 Å². The second kappa shape index (κ2) is 4.16. The van der Waals surface area contributed by atoms with Gasteiger partial charge in [0, 0.05) is 0 Å². The van der Waals surface area contributed by atoms with Crippen molar-refractivity contribution >= 4 is 6.29 Å². The number of alkyl halides is 4. The molecule has 78 valence electrons. The molecule has 0 aliphatic rings. The smallest absolute Gasteiger partial charge is 0.282 e. The zero-order chi connectivity index (χ0) is 10.7. The third kappa shape index (κ3) is 2.06. The SMILES string of the molecule is O=Cc1nnn(CC(F)F)c1C(F)F. The van der Waals surface area contributed by atoms with E-state index in [9.17, 15) is 22.4 Å². The molecule has 0 radical (unpaired) electrons. The summed E-state index contributed by atoms with van der Waals surface area (Å²) in [7, 11) is 0. The van der Waals surface area contributed by atoms with Crippen LogP contribution in [0.2, 0.25) is 0 Å². The van der Waals surface area contributed by atoms with E-state index in [1.165, 1.54) is 0 Å². The molecule has 0 unspecified atom stereocenters. The monoisotopic (exact) mass is 211 g/mol. The highest BCUT2D eigenvalue weighted by Gasteiger charge is 2.22. The zero-order valence-corrected chi connectivity index (χ0v) is 6.70. The molecular weight excluding hydrogens is 206 g/mol. The zero-order valence-electron chi connectivity index (χ0n) is 6.70. The predicted octanol–water partition coefficient (Wildman–Crippen LogP) is 1.29. The number of halogens is 4. The van der Waals surface area contributed by atoms with Crippen LogP contribution in [0.5, 0.6) is 0 Å². The molecule has 8 heteroatoms. The van der Waals surface area contributed by atoms with Gasteiger partial charge < -0.3 is 0 Å². The molecule has 4 nitrogen and oxygen atoms in total. The first kappa shape index (κ1) is 10.6. The molecule has 14 heavy (non-hydrogen) atoms. The standard InChI is InChI=1S/C6H5F4N3O/c7-4(8)1-13-5(6(9)10)3(2-14)11-12-13/h2,4,6H,1H2. The van der Waals surface area contributed by atoms with E-state index in [0.29, 0.717) is 4.68 Å². The fourth-order valence-corrected chi connectivity index (χ4v) is 0.908. The van der Waals surface area contributed by atoms with Crippen molar-refractivity contribution in [2.45, 2.75) is 19.4 Å². The molecule has 0 aliphatic heterocycles. The molecule has 0 fully saturated rings. The van der Waals surface area contributed by atoms with Crippen LogP contribution in [0.4, 0.5) is 17.6 Å². The summed E-state index contributed by atoms with van der Waals surface area (Å²) in [6, 6.07) is 0. The maximum absolute atomic E-state index is 12.3. The van der Waals surface area contributed by atoms with Crippen LogP contribution in [-0.4, -0.2) is 27.7 Å². The summed E-state index contributed by atoms with van der Waals surface area (Å²) in [5.74, 6) is 0. The molecule has 0 bridgehead atoms. The van der Waals surface area contributed by atoms with Crippen molar-refractivity contribution in [3.8, 4) is 0 Å². The van der Waals surface area contributed by atoms with E-state index in [1.807, 2.05) is 0 Å². The van der Waals surface area contributed by atoms with Crippen molar-refractivity contribution in [1.82, 2.24) is 15.0 Å². The van der Waals surface area contributed by atoms with Gasteiger partial charge in [0.1, 0.15) is 12.2 Å². The molecule has 1 aromatic rings. The summed E-state index contributed by atoms with van der Waals surface area (Å²) in [6.07, 6.45) is -5.83. The number of nitrogens with zero attached hydrogens (tertiary/aromatic N) is 3. The maximum atomic E-state index is 12.3. The number of carbonyl (C=O) groups is 1. The van der Waals surface area contributed by atoms with Gasteiger partial charge in [0.05, 0.1) is 0 Å². The Morgan fingerprint density at radius 3 is 2.43 bits per heavy atom. The van der Waals surface area contributed by atoms with Crippen LogP contribution >= 0.6 is 0 Å². The third-order valence-corrected chi connectivity index (χ3v) is 1.43. The lowest BCUT2D eigenvalue weighted by Gasteiger charge is -2.04. The first-order valence-corrected chi connectivity index (χ1v) is 3.51. The van der Waals surface area contributed by atoms with Crippen LogP contribution in [0.25, 0.3) is 0 Å². The van der Waals surface area contributed by atoms with E-state index in [2.05, 4.69) is 10.3 Å². The highest BCUT2D eigenvalue weighted by molar-refractivity contribution is 5.73. The van der Waals surface area contributed by atoms with Crippen LogP contribution in [0, 0.1) is 0 Å². The molecule has 0 aromatic carbocycles. The van der Waals surface area contributed by atoms with Crippen molar-refractivity contribution in [2.75, 3.05) is 0 Å². The molecule has 0 amide bonds. The first-order chi connectivity index (χ1) is 6.56. The minimum Gasteiger partial charge on any atom is -0.296 e. The lowest BCUT2D eigenvalue weighted by molar-refractivity contribution is 0.0999. The molecule has 0 spiro atoms. The summed E-state index contributed by atoms with van der Waals surface area (Å²) in [6.45, 7) is -0.999. The largest absolute Gasteiger partial charge is 0.296 e. The fourth-order valence-electron chi connectivity index (χ4n) is 0.908. The Kier molecular flexibility index (Phi) is 3.15. The Morgan fingerprint density at radius 1 is 1.36 bits per heavy atom. The second-order valence-corrected chi connectivity index (χ2v) is 2.35. The quantitative estimate of drug-likeness (QED) is 0.557.